The molecule has 1 aliphatic heterocycles. The van der Waals surface area contributed by atoms with Crippen LogP contribution in [0.3, 0.4) is 0 Å². The number of hydrogen-bond donors (Lipinski definition) is 2. The Morgan fingerprint density at radius 1 is 1.33 bits per heavy atom. The Morgan fingerprint density at radius 3 is 2.92 bits per heavy atom. The number of nitrogens with one attached hydrogen (secondary N) is 2. The van der Waals surface area contributed by atoms with E-state index in [0.29, 0.717) is 19.1 Å². The van der Waals surface area contributed by atoms with Gasteiger partial charge in [-0.1, -0.05) is 6.07 Å². The van der Waals surface area contributed by atoms with Crippen molar-refractivity contribution in [2.75, 3.05) is 26.2 Å². The predicted octanol–water partition coefficient (Wildman–Crippen LogP) is 2.47. The summed E-state index contributed by atoms with van der Waals surface area (Å²) in [5.74, 6) is 0. The predicted molar refractivity (Wildman–Crippen MR) is 96.1 cm³/mol. The van der Waals surface area contributed by atoms with Crippen LogP contribution < -0.4 is 10.6 Å². The zero-order valence-corrected chi connectivity index (χ0v) is 14.7. The number of carbonyl (C=O) groups is 1. The van der Waals surface area contributed by atoms with Crippen molar-refractivity contribution in [1.29, 1.82) is 0 Å². The summed E-state index contributed by atoms with van der Waals surface area (Å²) in [6.45, 7) is 4.44. The van der Waals surface area contributed by atoms with Crippen LogP contribution in [0.2, 0.25) is 0 Å². The Bertz CT molecular complexity index is 593. The van der Waals surface area contributed by atoms with Crippen LogP contribution in [0.5, 0.6) is 0 Å². The lowest BCUT2D eigenvalue weighted by Gasteiger charge is -2.26. The van der Waals surface area contributed by atoms with Gasteiger partial charge in [-0.3, -0.25) is 4.90 Å². The molecule has 0 aromatic carbocycles. The molecule has 2 aromatic rings. The van der Waals surface area contributed by atoms with Gasteiger partial charge < -0.3 is 15.2 Å². The van der Waals surface area contributed by atoms with Gasteiger partial charge in [-0.05, 0) is 43.8 Å². The molecule has 1 atom stereocenters. The van der Waals surface area contributed by atoms with Gasteiger partial charge in [0.25, 0.3) is 0 Å². The van der Waals surface area contributed by atoms with E-state index in [1.165, 1.54) is 17.7 Å². The van der Waals surface area contributed by atoms with E-state index in [1.807, 2.05) is 10.8 Å². The van der Waals surface area contributed by atoms with E-state index in [1.54, 1.807) is 23.9 Å². The summed E-state index contributed by atoms with van der Waals surface area (Å²) in [4.78, 5) is 19.9. The Kier molecular flexibility index (Phi) is 6.26. The number of hydrogen-bond acceptors (Lipinski definition) is 4. The van der Waals surface area contributed by atoms with E-state index in [2.05, 4.69) is 38.0 Å². The molecule has 0 aliphatic carbocycles. The Labute approximate surface area is 146 Å². The van der Waals surface area contributed by atoms with Crippen molar-refractivity contribution in [2.45, 2.75) is 31.8 Å². The Balaban J connectivity index is 1.39. The highest BCUT2D eigenvalue weighted by atomic mass is 32.1. The molecule has 1 aliphatic rings. The molecule has 7 heteroatoms. The van der Waals surface area contributed by atoms with Crippen LogP contribution >= 0.6 is 11.3 Å². The molecule has 2 N–H and O–H groups in total. The summed E-state index contributed by atoms with van der Waals surface area (Å²) in [5.41, 5.74) is 0. The second-order valence-corrected chi connectivity index (χ2v) is 7.04. The van der Waals surface area contributed by atoms with Gasteiger partial charge in [0.05, 0.1) is 12.4 Å². The van der Waals surface area contributed by atoms with Gasteiger partial charge in [-0.2, -0.15) is 0 Å². The fraction of sp³-hybridized carbons (Fsp3) is 0.529. The molecule has 0 saturated carbocycles. The molecule has 1 saturated heterocycles. The molecule has 2 amide bonds. The zero-order chi connectivity index (χ0) is 16.6. The highest BCUT2D eigenvalue weighted by Crippen LogP contribution is 2.27. The average Bonchev–Trinajstić information content (AvgIpc) is 3.34. The van der Waals surface area contributed by atoms with Crippen LogP contribution in [0.1, 0.15) is 30.2 Å². The third-order valence-electron chi connectivity index (χ3n) is 4.35. The largest absolute Gasteiger partial charge is 0.338 e. The minimum atomic E-state index is -0.0821. The molecule has 130 valence electrons. The van der Waals surface area contributed by atoms with Crippen molar-refractivity contribution in [3.05, 3.63) is 41.1 Å². The fourth-order valence-electron chi connectivity index (χ4n) is 3.08. The molecule has 0 spiro atoms. The maximum absolute atomic E-state index is 12.0. The van der Waals surface area contributed by atoms with Crippen LogP contribution in [0.25, 0.3) is 0 Å². The molecule has 24 heavy (non-hydrogen) atoms. The molecular weight excluding hydrogens is 322 g/mol. The van der Waals surface area contributed by atoms with Gasteiger partial charge in [0.1, 0.15) is 0 Å². The number of nitrogens with zero attached hydrogens (tertiary/aromatic N) is 3. The summed E-state index contributed by atoms with van der Waals surface area (Å²) in [6, 6.07) is 4.46. The van der Waals surface area contributed by atoms with E-state index >= 15 is 0 Å². The number of likely N-dealkylation sites (tertiary alicyclic amines) is 1. The molecule has 3 heterocycles. The number of urea groups is 1. The molecule has 0 radical (unpaired) electrons. The summed E-state index contributed by atoms with van der Waals surface area (Å²) < 4.78 is 2.01. The highest BCUT2D eigenvalue weighted by Gasteiger charge is 2.24. The van der Waals surface area contributed by atoms with Gasteiger partial charge in [0.15, 0.2) is 0 Å². The first-order chi connectivity index (χ1) is 11.8. The first-order valence-corrected chi connectivity index (χ1v) is 9.46. The fourth-order valence-corrected chi connectivity index (χ4v) is 3.94. The van der Waals surface area contributed by atoms with Crippen molar-refractivity contribution in [2.24, 2.45) is 0 Å². The number of thiophene rings is 1. The van der Waals surface area contributed by atoms with Crippen LogP contribution in [-0.4, -0.2) is 46.7 Å². The third-order valence-corrected chi connectivity index (χ3v) is 5.32. The Morgan fingerprint density at radius 2 is 2.21 bits per heavy atom. The highest BCUT2D eigenvalue weighted by molar-refractivity contribution is 7.10. The minimum absolute atomic E-state index is 0.0821. The van der Waals surface area contributed by atoms with Crippen molar-refractivity contribution in [3.63, 3.8) is 0 Å². The smallest absolute Gasteiger partial charge is 0.314 e. The maximum Gasteiger partial charge on any atom is 0.314 e. The quantitative estimate of drug-likeness (QED) is 0.721. The summed E-state index contributed by atoms with van der Waals surface area (Å²) in [5, 5.41) is 8.08. The van der Waals surface area contributed by atoms with Crippen molar-refractivity contribution < 1.29 is 4.79 Å². The second-order valence-electron chi connectivity index (χ2n) is 6.07. The summed E-state index contributed by atoms with van der Waals surface area (Å²) in [6.07, 6.45) is 8.89. The van der Waals surface area contributed by atoms with Crippen molar-refractivity contribution >= 4 is 17.4 Å². The first-order valence-electron chi connectivity index (χ1n) is 8.58. The van der Waals surface area contributed by atoms with Gasteiger partial charge in [-0.15, -0.1) is 11.3 Å². The van der Waals surface area contributed by atoms with Crippen LogP contribution in [-0.2, 0) is 6.54 Å². The number of amides is 2. The number of aromatic nitrogens is 2. The number of imidazole rings is 1. The minimum Gasteiger partial charge on any atom is -0.338 e. The standard InChI is InChI=1S/C17H25N5OS/c23-17(19-6-4-8-21-11-7-18-14-21)20-13-15(16-5-3-12-24-16)22-9-1-2-10-22/h3,5,7,11-12,14-15H,1-2,4,6,8-10,13H2,(H2,19,20,23)/t15-/m1/s1. The third kappa shape index (κ3) is 4.82. The van der Waals surface area contributed by atoms with Crippen LogP contribution in [0, 0.1) is 0 Å². The normalized spacial score (nSPS) is 16.2. The van der Waals surface area contributed by atoms with E-state index in [0.717, 1.165) is 26.1 Å². The summed E-state index contributed by atoms with van der Waals surface area (Å²) in [7, 11) is 0. The van der Waals surface area contributed by atoms with Gasteiger partial charge in [0.2, 0.25) is 0 Å². The SMILES string of the molecule is O=C(NCCCn1ccnc1)NC[C@H](c1cccs1)N1CCCC1. The Hall–Kier alpha value is -1.86. The maximum atomic E-state index is 12.0. The van der Waals surface area contributed by atoms with E-state index in [4.69, 9.17) is 0 Å². The molecule has 0 bridgehead atoms. The molecular formula is C17H25N5OS. The van der Waals surface area contributed by atoms with Crippen molar-refractivity contribution in [3.8, 4) is 0 Å². The van der Waals surface area contributed by atoms with Gasteiger partial charge >= 0.3 is 6.03 Å². The lowest BCUT2D eigenvalue weighted by molar-refractivity contribution is 0.222. The molecule has 1 fully saturated rings. The number of aryl methyl sites for hydroxylation is 1. The van der Waals surface area contributed by atoms with Gasteiger partial charge in [-0.25, -0.2) is 9.78 Å². The van der Waals surface area contributed by atoms with Crippen LogP contribution in [0.15, 0.2) is 36.2 Å². The topological polar surface area (TPSA) is 62.2 Å². The molecule has 6 nitrogen and oxygen atoms in total. The lowest BCUT2D eigenvalue weighted by atomic mass is 10.2. The van der Waals surface area contributed by atoms with Crippen molar-refractivity contribution in [1.82, 2.24) is 25.1 Å². The van der Waals surface area contributed by atoms with E-state index in [9.17, 15) is 4.79 Å². The molecule has 0 unspecified atom stereocenters. The summed E-state index contributed by atoms with van der Waals surface area (Å²) >= 11 is 1.77. The zero-order valence-electron chi connectivity index (χ0n) is 13.9. The lowest BCUT2D eigenvalue weighted by Crippen LogP contribution is -2.41. The first kappa shape index (κ1) is 17.0. The van der Waals surface area contributed by atoms with E-state index in [-0.39, 0.29) is 6.03 Å². The molecule has 3 rings (SSSR count). The molecule has 2 aromatic heterocycles. The van der Waals surface area contributed by atoms with Gasteiger partial charge in [0, 0.05) is 36.9 Å². The second kappa shape index (κ2) is 8.84. The average molecular weight is 347 g/mol. The number of rotatable bonds is 8. The monoisotopic (exact) mass is 347 g/mol. The van der Waals surface area contributed by atoms with Crippen LogP contribution in [0.4, 0.5) is 4.79 Å². The number of carbonyl (C=O) groups excluding carboxylic acids is 1. The van der Waals surface area contributed by atoms with E-state index < -0.39 is 0 Å².